The number of rotatable bonds is 7. The van der Waals surface area contributed by atoms with E-state index >= 15 is 0 Å². The number of aliphatic hydroxyl groups is 1. The third-order valence-electron chi connectivity index (χ3n) is 3.73. The Kier molecular flexibility index (Phi) is 8.63. The second kappa shape index (κ2) is 9.93. The molecule has 130 valence electrons. The minimum atomic E-state index is -0.505. The molecule has 1 heterocycles. The second-order valence-corrected chi connectivity index (χ2v) is 6.04. The van der Waals surface area contributed by atoms with Crippen molar-refractivity contribution in [3.8, 4) is 5.75 Å². The quantitative estimate of drug-likeness (QED) is 0.665. The van der Waals surface area contributed by atoms with Gasteiger partial charge in [-0.25, -0.2) is 0 Å². The Hall–Kier alpha value is -1.07. The van der Waals surface area contributed by atoms with E-state index in [9.17, 15) is 5.11 Å². The van der Waals surface area contributed by atoms with Crippen molar-refractivity contribution in [1.29, 1.82) is 0 Å². The van der Waals surface area contributed by atoms with Crippen molar-refractivity contribution in [3.63, 3.8) is 0 Å². The predicted octanol–water partition coefficient (Wildman–Crippen LogP) is -0.732. The average Bonchev–Trinajstić information content (AvgIpc) is 2.45. The van der Waals surface area contributed by atoms with E-state index in [-0.39, 0.29) is 24.6 Å². The number of ether oxygens (including phenoxy) is 2. The summed E-state index contributed by atoms with van der Waals surface area (Å²) in [5, 5.41) is 10.2. The molecule has 1 aliphatic heterocycles. The van der Waals surface area contributed by atoms with E-state index in [0.717, 1.165) is 30.8 Å². The van der Waals surface area contributed by atoms with Crippen LogP contribution in [0.1, 0.15) is 19.4 Å². The summed E-state index contributed by atoms with van der Waals surface area (Å²) in [6, 6.07) is 7.89. The Morgan fingerprint density at radius 3 is 2.65 bits per heavy atom. The van der Waals surface area contributed by atoms with Crippen molar-refractivity contribution in [2.45, 2.75) is 38.6 Å². The maximum Gasteiger partial charge on any atom is 0.122 e. The molecule has 1 N–H and O–H groups in total. The Morgan fingerprint density at radius 2 is 2.00 bits per heavy atom. The molecule has 1 fully saturated rings. The first-order chi connectivity index (χ1) is 10.6. The van der Waals surface area contributed by atoms with Gasteiger partial charge in [-0.15, -0.1) is 6.58 Å². The maximum atomic E-state index is 10.2. The number of benzene rings is 1. The van der Waals surface area contributed by atoms with E-state index in [1.807, 2.05) is 30.3 Å². The van der Waals surface area contributed by atoms with Gasteiger partial charge in [0.1, 0.15) is 18.5 Å². The monoisotopic (exact) mass is 340 g/mol. The Bertz CT molecular complexity index is 473. The molecule has 3 unspecified atom stereocenters. The number of nitrogens with zero attached hydrogens (tertiary/aromatic N) is 1. The molecule has 1 aromatic rings. The fourth-order valence-electron chi connectivity index (χ4n) is 2.94. The van der Waals surface area contributed by atoms with Crippen molar-refractivity contribution in [3.05, 3.63) is 42.5 Å². The van der Waals surface area contributed by atoms with Crippen LogP contribution in [0.4, 0.5) is 0 Å². The number of halogens is 1. The van der Waals surface area contributed by atoms with Gasteiger partial charge in [0, 0.05) is 19.6 Å². The lowest BCUT2D eigenvalue weighted by atomic mass is 10.1. The summed E-state index contributed by atoms with van der Waals surface area (Å²) >= 11 is 0. The number of allylic oxidation sites excluding steroid dienone is 1. The van der Waals surface area contributed by atoms with Gasteiger partial charge in [-0.1, -0.05) is 24.3 Å². The van der Waals surface area contributed by atoms with Crippen LogP contribution in [0.5, 0.6) is 5.75 Å². The van der Waals surface area contributed by atoms with Gasteiger partial charge in [0.25, 0.3) is 0 Å². The molecule has 2 rings (SSSR count). The molecule has 1 saturated heterocycles. The van der Waals surface area contributed by atoms with Gasteiger partial charge in [0.05, 0.1) is 12.2 Å². The zero-order valence-corrected chi connectivity index (χ0v) is 14.7. The Morgan fingerprint density at radius 1 is 1.35 bits per heavy atom. The van der Waals surface area contributed by atoms with Crippen LogP contribution in [0.2, 0.25) is 0 Å². The van der Waals surface area contributed by atoms with Crippen molar-refractivity contribution in [1.82, 2.24) is 4.90 Å². The lowest BCUT2D eigenvalue weighted by Crippen LogP contribution is -3.00. The van der Waals surface area contributed by atoms with Gasteiger partial charge in [-0.05, 0) is 31.9 Å². The third kappa shape index (κ3) is 6.51. The summed E-state index contributed by atoms with van der Waals surface area (Å²) in [5.41, 5.74) is 1.10. The topological polar surface area (TPSA) is 41.9 Å². The first-order valence-corrected chi connectivity index (χ1v) is 7.96. The molecule has 0 aromatic heterocycles. The summed E-state index contributed by atoms with van der Waals surface area (Å²) < 4.78 is 11.5. The van der Waals surface area contributed by atoms with Crippen LogP contribution in [-0.4, -0.2) is 54.6 Å². The van der Waals surface area contributed by atoms with E-state index in [0.29, 0.717) is 13.2 Å². The molecule has 0 amide bonds. The van der Waals surface area contributed by atoms with Gasteiger partial charge in [-0.2, -0.15) is 0 Å². The van der Waals surface area contributed by atoms with Crippen molar-refractivity contribution >= 4 is 0 Å². The molecule has 1 aliphatic rings. The van der Waals surface area contributed by atoms with Crippen molar-refractivity contribution < 1.29 is 27.0 Å². The summed E-state index contributed by atoms with van der Waals surface area (Å²) in [5.74, 6) is 0.824. The SMILES string of the molecule is C=CCc1ccccc1OCC(O)CN1CC(C)OC(C)C1.[Cl-]. The number of β-amino-alcohol motifs (C(OH)–C–C–N with tert-alkyl or cyclic N) is 1. The molecule has 3 atom stereocenters. The van der Waals surface area contributed by atoms with Crippen molar-refractivity contribution in [2.75, 3.05) is 26.2 Å². The number of hydrogen-bond acceptors (Lipinski definition) is 4. The molecular formula is C18H27ClNO3-. The molecule has 0 aliphatic carbocycles. The fourth-order valence-corrected chi connectivity index (χ4v) is 2.94. The van der Waals surface area contributed by atoms with Crippen LogP contribution < -0.4 is 17.1 Å². The molecule has 0 saturated carbocycles. The molecule has 1 aromatic carbocycles. The number of hydrogen-bond donors (Lipinski definition) is 1. The molecule has 0 spiro atoms. The first kappa shape index (κ1) is 20.0. The summed E-state index contributed by atoms with van der Waals surface area (Å²) in [4.78, 5) is 2.24. The fraction of sp³-hybridized carbons (Fsp3) is 0.556. The van der Waals surface area contributed by atoms with Gasteiger partial charge < -0.3 is 27.0 Å². The molecule has 4 nitrogen and oxygen atoms in total. The highest BCUT2D eigenvalue weighted by Crippen LogP contribution is 2.19. The lowest BCUT2D eigenvalue weighted by Gasteiger charge is -2.36. The van der Waals surface area contributed by atoms with Crippen LogP contribution >= 0.6 is 0 Å². The normalized spacial score (nSPS) is 22.9. The maximum absolute atomic E-state index is 10.2. The van der Waals surface area contributed by atoms with E-state index < -0.39 is 6.10 Å². The lowest BCUT2D eigenvalue weighted by molar-refractivity contribution is -0.0787. The highest BCUT2D eigenvalue weighted by atomic mass is 35.5. The largest absolute Gasteiger partial charge is 1.00 e. The van der Waals surface area contributed by atoms with Gasteiger partial charge >= 0.3 is 0 Å². The standard InChI is InChI=1S/C18H27NO3.ClH/c1-4-7-16-8-5-6-9-18(16)21-13-17(20)12-19-10-14(2)22-15(3)11-19;/h4-6,8-9,14-15,17,20H,1,7,10-13H2,2-3H3;1H/p-1. The molecule has 23 heavy (non-hydrogen) atoms. The molecule has 5 heteroatoms. The van der Waals surface area contributed by atoms with E-state index in [2.05, 4.69) is 25.3 Å². The minimum Gasteiger partial charge on any atom is -1.00 e. The van der Waals surface area contributed by atoms with Crippen LogP contribution in [0, 0.1) is 0 Å². The van der Waals surface area contributed by atoms with Crippen LogP contribution in [-0.2, 0) is 11.2 Å². The smallest absolute Gasteiger partial charge is 0.122 e. The molecular weight excluding hydrogens is 314 g/mol. The van der Waals surface area contributed by atoms with Gasteiger partial charge in [-0.3, -0.25) is 4.90 Å². The molecule has 0 bridgehead atoms. The van der Waals surface area contributed by atoms with E-state index in [4.69, 9.17) is 9.47 Å². The van der Waals surface area contributed by atoms with E-state index in [1.165, 1.54) is 0 Å². The van der Waals surface area contributed by atoms with Gasteiger partial charge in [0.15, 0.2) is 0 Å². The number of morpholine rings is 1. The Balaban J connectivity index is 0.00000264. The average molecular weight is 341 g/mol. The molecule has 0 radical (unpaired) electrons. The van der Waals surface area contributed by atoms with Crippen LogP contribution in [0.3, 0.4) is 0 Å². The highest BCUT2D eigenvalue weighted by Gasteiger charge is 2.24. The summed E-state index contributed by atoms with van der Waals surface area (Å²) in [7, 11) is 0. The first-order valence-electron chi connectivity index (χ1n) is 7.96. The summed E-state index contributed by atoms with van der Waals surface area (Å²) in [6.07, 6.45) is 2.55. The van der Waals surface area contributed by atoms with Crippen LogP contribution in [0.25, 0.3) is 0 Å². The van der Waals surface area contributed by atoms with Crippen molar-refractivity contribution in [2.24, 2.45) is 0 Å². The minimum absolute atomic E-state index is 0. The zero-order chi connectivity index (χ0) is 15.9. The zero-order valence-electron chi connectivity index (χ0n) is 14.0. The second-order valence-electron chi connectivity index (χ2n) is 6.04. The highest BCUT2D eigenvalue weighted by molar-refractivity contribution is 5.34. The van der Waals surface area contributed by atoms with Crippen LogP contribution in [0.15, 0.2) is 36.9 Å². The third-order valence-corrected chi connectivity index (χ3v) is 3.73. The summed E-state index contributed by atoms with van der Waals surface area (Å²) in [6.45, 7) is 10.5. The van der Waals surface area contributed by atoms with E-state index in [1.54, 1.807) is 0 Å². The number of para-hydroxylation sites is 1. The predicted molar refractivity (Wildman–Crippen MR) is 88.3 cm³/mol. The Labute approximate surface area is 145 Å². The van der Waals surface area contributed by atoms with Gasteiger partial charge in [0.2, 0.25) is 0 Å². The number of aliphatic hydroxyl groups excluding tert-OH is 1.